The number of benzene rings is 1. The highest BCUT2D eigenvalue weighted by Crippen LogP contribution is 2.25. The van der Waals surface area contributed by atoms with Gasteiger partial charge in [0.25, 0.3) is 0 Å². The van der Waals surface area contributed by atoms with Crippen LogP contribution in [-0.2, 0) is 0 Å². The molecule has 0 saturated carbocycles. The third kappa shape index (κ3) is 5.12. The fraction of sp³-hybridized carbons (Fsp3) is 0.353. The Morgan fingerprint density at radius 3 is 2.25 bits per heavy atom. The van der Waals surface area contributed by atoms with Gasteiger partial charge in [-0.25, -0.2) is 0 Å². The molecule has 0 bridgehead atoms. The summed E-state index contributed by atoms with van der Waals surface area (Å²) in [7, 11) is 3.04. The van der Waals surface area contributed by atoms with Crippen molar-refractivity contribution in [3.8, 4) is 23.5 Å². The number of hydrogen-bond donors (Lipinski definition) is 1. The molecule has 0 aliphatic rings. The highest BCUT2D eigenvalue weighted by Gasteiger charge is 2.10. The quantitative estimate of drug-likeness (QED) is 0.648. The highest BCUT2D eigenvalue weighted by molar-refractivity contribution is 5.83. The lowest BCUT2D eigenvalue weighted by molar-refractivity contribution is 0.348. The molecule has 0 spiro atoms. The van der Waals surface area contributed by atoms with E-state index in [9.17, 15) is 0 Å². The molecule has 1 N–H and O–H groups in total. The molecule has 0 amide bonds. The Labute approximate surface area is 141 Å². The Morgan fingerprint density at radius 2 is 1.67 bits per heavy atom. The zero-order valence-corrected chi connectivity index (χ0v) is 14.5. The van der Waals surface area contributed by atoms with Gasteiger partial charge in [-0.1, -0.05) is 12.1 Å². The standard InChI is InChI=1S/C17H22N4O3/c1-17(2,3)21-18-11-12-8-6-7-9-13(12)24-16-19-14(22-4)10-15(20-16)23-5/h6-11,21H,1-5H3/b18-11+. The second kappa shape index (κ2) is 7.63. The molecule has 2 rings (SSSR count). The van der Waals surface area contributed by atoms with Gasteiger partial charge in [0.2, 0.25) is 11.8 Å². The summed E-state index contributed by atoms with van der Waals surface area (Å²) in [6.45, 7) is 6.09. The van der Waals surface area contributed by atoms with Crippen LogP contribution in [0.25, 0.3) is 0 Å². The normalized spacial score (nSPS) is 11.4. The first-order valence-corrected chi connectivity index (χ1v) is 7.45. The Balaban J connectivity index is 2.24. The van der Waals surface area contributed by atoms with Crippen molar-refractivity contribution in [2.75, 3.05) is 14.2 Å². The molecule has 0 atom stereocenters. The maximum Gasteiger partial charge on any atom is 0.328 e. The summed E-state index contributed by atoms with van der Waals surface area (Å²) in [5.41, 5.74) is 3.72. The molecule has 0 aliphatic carbocycles. The topological polar surface area (TPSA) is 77.9 Å². The minimum absolute atomic E-state index is 0.116. The molecular weight excluding hydrogens is 308 g/mol. The summed E-state index contributed by atoms with van der Waals surface area (Å²) in [6, 6.07) is 9.18. The van der Waals surface area contributed by atoms with Crippen LogP contribution < -0.4 is 19.6 Å². The lowest BCUT2D eigenvalue weighted by Crippen LogP contribution is -2.31. The van der Waals surface area contributed by atoms with Crippen molar-refractivity contribution >= 4 is 6.21 Å². The number of hydrogen-bond acceptors (Lipinski definition) is 7. The summed E-state index contributed by atoms with van der Waals surface area (Å²) >= 11 is 0. The Hall–Kier alpha value is -2.83. The van der Waals surface area contributed by atoms with Crippen LogP contribution >= 0.6 is 0 Å². The van der Waals surface area contributed by atoms with Gasteiger partial charge in [-0.05, 0) is 32.9 Å². The molecule has 0 unspecified atom stereocenters. The van der Waals surface area contributed by atoms with E-state index in [0.717, 1.165) is 5.56 Å². The first-order chi connectivity index (χ1) is 11.4. The fourth-order valence-electron chi connectivity index (χ4n) is 1.71. The average Bonchev–Trinajstić information content (AvgIpc) is 2.55. The van der Waals surface area contributed by atoms with E-state index in [2.05, 4.69) is 20.5 Å². The third-order valence-corrected chi connectivity index (χ3v) is 2.80. The number of hydrazone groups is 1. The predicted octanol–water partition coefficient (Wildman–Crippen LogP) is 3.01. The monoisotopic (exact) mass is 330 g/mol. The van der Waals surface area contributed by atoms with E-state index in [-0.39, 0.29) is 11.5 Å². The molecule has 1 aromatic carbocycles. The van der Waals surface area contributed by atoms with Crippen molar-refractivity contribution in [2.45, 2.75) is 26.3 Å². The van der Waals surface area contributed by atoms with Gasteiger partial charge in [-0.15, -0.1) is 0 Å². The Morgan fingerprint density at radius 1 is 1.04 bits per heavy atom. The molecule has 0 fully saturated rings. The van der Waals surface area contributed by atoms with Gasteiger partial charge in [-0.2, -0.15) is 15.1 Å². The Kier molecular flexibility index (Phi) is 5.57. The van der Waals surface area contributed by atoms with Gasteiger partial charge in [-0.3, -0.25) is 0 Å². The van der Waals surface area contributed by atoms with E-state index in [4.69, 9.17) is 14.2 Å². The number of methoxy groups -OCH3 is 2. The van der Waals surface area contributed by atoms with Crippen molar-refractivity contribution in [2.24, 2.45) is 5.10 Å². The van der Waals surface area contributed by atoms with Crippen LogP contribution in [-0.4, -0.2) is 35.9 Å². The average molecular weight is 330 g/mol. The summed E-state index contributed by atoms with van der Waals surface area (Å²) in [4.78, 5) is 8.32. The van der Waals surface area contributed by atoms with Crippen LogP contribution in [0.2, 0.25) is 0 Å². The second-order valence-corrected chi connectivity index (χ2v) is 6.00. The molecular formula is C17H22N4O3. The Bertz CT molecular complexity index is 689. The SMILES string of the molecule is COc1cc(OC)nc(Oc2ccccc2/C=N/NC(C)(C)C)n1. The first-order valence-electron chi connectivity index (χ1n) is 7.45. The predicted molar refractivity (Wildman–Crippen MR) is 92.1 cm³/mol. The van der Waals surface area contributed by atoms with Crippen molar-refractivity contribution in [3.05, 3.63) is 35.9 Å². The molecule has 1 aromatic heterocycles. The zero-order chi connectivity index (χ0) is 17.6. The van der Waals surface area contributed by atoms with E-state index in [0.29, 0.717) is 17.5 Å². The number of nitrogens with one attached hydrogen (secondary N) is 1. The van der Waals surface area contributed by atoms with E-state index in [1.165, 1.54) is 14.2 Å². The van der Waals surface area contributed by atoms with E-state index < -0.39 is 0 Å². The van der Waals surface area contributed by atoms with Crippen LogP contribution in [0.4, 0.5) is 0 Å². The third-order valence-electron chi connectivity index (χ3n) is 2.80. The number of ether oxygens (including phenoxy) is 3. The number of rotatable bonds is 6. The molecule has 0 radical (unpaired) electrons. The molecule has 128 valence electrons. The van der Waals surface area contributed by atoms with Crippen LogP contribution in [0.5, 0.6) is 23.5 Å². The summed E-state index contributed by atoms with van der Waals surface area (Å²) in [5, 5.41) is 4.24. The molecule has 7 nitrogen and oxygen atoms in total. The van der Waals surface area contributed by atoms with Crippen LogP contribution in [0.15, 0.2) is 35.4 Å². The fourth-order valence-corrected chi connectivity index (χ4v) is 1.71. The van der Waals surface area contributed by atoms with Crippen LogP contribution in [0.3, 0.4) is 0 Å². The van der Waals surface area contributed by atoms with Crippen molar-refractivity contribution in [1.82, 2.24) is 15.4 Å². The minimum atomic E-state index is -0.116. The van der Waals surface area contributed by atoms with Crippen molar-refractivity contribution < 1.29 is 14.2 Å². The van der Waals surface area contributed by atoms with Gasteiger partial charge in [0.15, 0.2) is 0 Å². The lowest BCUT2D eigenvalue weighted by atomic mass is 10.1. The molecule has 2 aromatic rings. The van der Waals surface area contributed by atoms with E-state index in [1.807, 2.05) is 45.0 Å². The van der Waals surface area contributed by atoms with E-state index in [1.54, 1.807) is 12.3 Å². The maximum atomic E-state index is 5.78. The molecule has 0 aliphatic heterocycles. The molecule has 24 heavy (non-hydrogen) atoms. The smallest absolute Gasteiger partial charge is 0.328 e. The number of para-hydroxylation sites is 1. The van der Waals surface area contributed by atoms with Crippen molar-refractivity contribution in [3.63, 3.8) is 0 Å². The highest BCUT2D eigenvalue weighted by atomic mass is 16.5. The summed E-state index contributed by atoms with van der Waals surface area (Å²) < 4.78 is 16.0. The largest absolute Gasteiger partial charge is 0.481 e. The van der Waals surface area contributed by atoms with Gasteiger partial charge in [0.1, 0.15) is 5.75 Å². The van der Waals surface area contributed by atoms with Gasteiger partial charge >= 0.3 is 6.01 Å². The minimum Gasteiger partial charge on any atom is -0.481 e. The number of aromatic nitrogens is 2. The second-order valence-electron chi connectivity index (χ2n) is 6.00. The summed E-state index contributed by atoms with van der Waals surface area (Å²) in [5.74, 6) is 1.29. The summed E-state index contributed by atoms with van der Waals surface area (Å²) in [6.07, 6.45) is 1.69. The zero-order valence-electron chi connectivity index (χ0n) is 14.5. The molecule has 0 saturated heterocycles. The lowest BCUT2D eigenvalue weighted by Gasteiger charge is -2.17. The molecule has 1 heterocycles. The van der Waals surface area contributed by atoms with E-state index >= 15 is 0 Å². The number of nitrogens with zero attached hydrogens (tertiary/aromatic N) is 3. The van der Waals surface area contributed by atoms with Crippen LogP contribution in [0.1, 0.15) is 26.3 Å². The molecule has 7 heteroatoms. The maximum absolute atomic E-state index is 5.78. The van der Waals surface area contributed by atoms with Gasteiger partial charge < -0.3 is 19.6 Å². The first kappa shape index (κ1) is 17.5. The van der Waals surface area contributed by atoms with Crippen molar-refractivity contribution in [1.29, 1.82) is 0 Å². The van der Waals surface area contributed by atoms with Gasteiger partial charge in [0, 0.05) is 11.1 Å². The van der Waals surface area contributed by atoms with Crippen LogP contribution in [0, 0.1) is 0 Å². The van der Waals surface area contributed by atoms with Gasteiger partial charge in [0.05, 0.1) is 26.5 Å².